The third-order valence-electron chi connectivity index (χ3n) is 5.08. The minimum atomic E-state index is 0.0578. The van der Waals surface area contributed by atoms with Gasteiger partial charge in [-0.2, -0.15) is 0 Å². The van der Waals surface area contributed by atoms with Crippen molar-refractivity contribution in [3.8, 4) is 0 Å². The summed E-state index contributed by atoms with van der Waals surface area (Å²) in [5.74, 6) is 1.86. The molecule has 128 valence electrons. The van der Waals surface area contributed by atoms with Crippen molar-refractivity contribution in [2.24, 2.45) is 5.92 Å². The van der Waals surface area contributed by atoms with E-state index in [0.29, 0.717) is 0 Å². The van der Waals surface area contributed by atoms with E-state index >= 15 is 0 Å². The number of rotatable bonds is 4. The minimum Gasteiger partial charge on any atom is -0.376 e. The summed E-state index contributed by atoms with van der Waals surface area (Å²) in [6, 6.07) is 2.14. The summed E-state index contributed by atoms with van der Waals surface area (Å²) in [6.45, 7) is 13.1. The fourth-order valence-corrected chi connectivity index (χ4v) is 3.79. The summed E-state index contributed by atoms with van der Waals surface area (Å²) in [4.78, 5) is 13.8. The fraction of sp³-hybridized carbons (Fsp3) is 0.778. The zero-order chi connectivity index (χ0) is 16.3. The molecule has 5 heteroatoms. The van der Waals surface area contributed by atoms with Gasteiger partial charge in [0.2, 0.25) is 0 Å². The predicted molar refractivity (Wildman–Crippen MR) is 92.8 cm³/mol. The highest BCUT2D eigenvalue weighted by molar-refractivity contribution is 5.39. The molecule has 2 saturated heterocycles. The van der Waals surface area contributed by atoms with Gasteiger partial charge in [-0.1, -0.05) is 6.92 Å². The van der Waals surface area contributed by atoms with E-state index in [0.717, 1.165) is 56.6 Å². The van der Waals surface area contributed by atoms with Crippen LogP contribution in [0.5, 0.6) is 0 Å². The molecule has 0 N–H and O–H groups in total. The van der Waals surface area contributed by atoms with E-state index in [4.69, 9.17) is 4.74 Å². The molecule has 3 rings (SSSR count). The van der Waals surface area contributed by atoms with Crippen LogP contribution in [0, 0.1) is 5.92 Å². The van der Waals surface area contributed by atoms with Gasteiger partial charge < -0.3 is 9.64 Å². The molecular formula is C18H30N4O. The Labute approximate surface area is 140 Å². The van der Waals surface area contributed by atoms with Crippen molar-refractivity contribution in [3.05, 3.63) is 18.1 Å². The average Bonchev–Trinajstić information content (AvgIpc) is 2.55. The Kier molecular flexibility index (Phi) is 5.17. The van der Waals surface area contributed by atoms with E-state index in [1.54, 1.807) is 6.33 Å². The van der Waals surface area contributed by atoms with Crippen LogP contribution in [0.3, 0.4) is 0 Å². The number of aryl methyl sites for hydroxylation is 1. The Morgan fingerprint density at radius 3 is 2.70 bits per heavy atom. The smallest absolute Gasteiger partial charge is 0.132 e. The summed E-state index contributed by atoms with van der Waals surface area (Å²) in [5, 5.41) is 0. The molecule has 5 nitrogen and oxygen atoms in total. The minimum absolute atomic E-state index is 0.0578. The number of nitrogens with zero attached hydrogens (tertiary/aromatic N) is 4. The Hall–Kier alpha value is -1.20. The van der Waals surface area contributed by atoms with Gasteiger partial charge in [-0.05, 0) is 39.0 Å². The lowest BCUT2D eigenvalue weighted by molar-refractivity contribution is -0.0769. The molecule has 0 aromatic carbocycles. The third-order valence-corrected chi connectivity index (χ3v) is 5.08. The van der Waals surface area contributed by atoms with Crippen LogP contribution in [-0.2, 0) is 11.2 Å². The Bertz CT molecular complexity index is 511. The van der Waals surface area contributed by atoms with Gasteiger partial charge >= 0.3 is 0 Å². The summed E-state index contributed by atoms with van der Waals surface area (Å²) < 4.78 is 5.84. The zero-order valence-electron chi connectivity index (χ0n) is 14.8. The van der Waals surface area contributed by atoms with E-state index in [1.807, 2.05) is 0 Å². The van der Waals surface area contributed by atoms with Gasteiger partial charge in [0.15, 0.2) is 0 Å². The largest absolute Gasteiger partial charge is 0.376 e. The highest BCUT2D eigenvalue weighted by Crippen LogP contribution is 2.29. The first kappa shape index (κ1) is 16.7. The van der Waals surface area contributed by atoms with Crippen molar-refractivity contribution in [1.82, 2.24) is 14.9 Å². The highest BCUT2D eigenvalue weighted by Gasteiger charge is 2.30. The van der Waals surface area contributed by atoms with Crippen LogP contribution in [0.2, 0.25) is 0 Å². The van der Waals surface area contributed by atoms with Gasteiger partial charge in [-0.25, -0.2) is 9.97 Å². The van der Waals surface area contributed by atoms with Crippen LogP contribution in [0.1, 0.15) is 39.3 Å². The molecule has 23 heavy (non-hydrogen) atoms. The second kappa shape index (κ2) is 7.14. The number of anilines is 1. The second-order valence-electron chi connectivity index (χ2n) is 7.48. The third kappa shape index (κ3) is 4.42. The van der Waals surface area contributed by atoms with Crippen molar-refractivity contribution >= 4 is 5.82 Å². The molecule has 1 aromatic heterocycles. The molecule has 0 amide bonds. The number of ether oxygens (including phenoxy) is 1. The van der Waals surface area contributed by atoms with Crippen LogP contribution in [0.15, 0.2) is 12.4 Å². The van der Waals surface area contributed by atoms with Crippen LogP contribution >= 0.6 is 0 Å². The summed E-state index contributed by atoms with van der Waals surface area (Å²) in [6.07, 6.45) is 5.05. The van der Waals surface area contributed by atoms with Crippen LogP contribution < -0.4 is 4.90 Å². The maximum absolute atomic E-state index is 5.84. The first-order chi connectivity index (χ1) is 11.1. The SMILES string of the molecule is CCc1cc(N2CCN(C[C@H]3CCOC(C)(C)C3)CC2)ncn1. The predicted octanol–water partition coefficient (Wildman–Crippen LogP) is 2.37. The lowest BCUT2D eigenvalue weighted by atomic mass is 9.88. The topological polar surface area (TPSA) is 41.5 Å². The molecule has 2 aliphatic rings. The van der Waals surface area contributed by atoms with Gasteiger partial charge in [0.05, 0.1) is 5.60 Å². The molecule has 0 aliphatic carbocycles. The maximum atomic E-state index is 5.84. The first-order valence-electron chi connectivity index (χ1n) is 8.98. The highest BCUT2D eigenvalue weighted by atomic mass is 16.5. The van der Waals surface area contributed by atoms with Gasteiger partial charge in [0, 0.05) is 51.1 Å². The molecule has 2 aliphatic heterocycles. The summed E-state index contributed by atoms with van der Waals surface area (Å²) >= 11 is 0. The number of hydrogen-bond donors (Lipinski definition) is 0. The second-order valence-corrected chi connectivity index (χ2v) is 7.48. The number of aromatic nitrogens is 2. The Morgan fingerprint density at radius 2 is 2.00 bits per heavy atom. The van der Waals surface area contributed by atoms with Crippen molar-refractivity contribution in [2.45, 2.75) is 45.6 Å². The lowest BCUT2D eigenvalue weighted by Crippen LogP contribution is -2.49. The first-order valence-corrected chi connectivity index (χ1v) is 8.98. The molecule has 0 radical (unpaired) electrons. The fourth-order valence-electron chi connectivity index (χ4n) is 3.79. The molecule has 0 spiro atoms. The maximum Gasteiger partial charge on any atom is 0.132 e. The number of hydrogen-bond acceptors (Lipinski definition) is 5. The van der Waals surface area contributed by atoms with E-state index in [9.17, 15) is 0 Å². The molecule has 0 bridgehead atoms. The van der Waals surface area contributed by atoms with Crippen LogP contribution in [0.25, 0.3) is 0 Å². The quantitative estimate of drug-likeness (QED) is 0.852. The van der Waals surface area contributed by atoms with Gasteiger partial charge in [0.1, 0.15) is 12.1 Å². The molecule has 1 aromatic rings. The number of piperazine rings is 1. The van der Waals surface area contributed by atoms with Crippen molar-refractivity contribution < 1.29 is 4.74 Å². The molecule has 0 unspecified atom stereocenters. The van der Waals surface area contributed by atoms with Gasteiger partial charge in [-0.3, -0.25) is 4.90 Å². The molecule has 1 atom stereocenters. The molecule has 0 saturated carbocycles. The Morgan fingerprint density at radius 1 is 1.22 bits per heavy atom. The van der Waals surface area contributed by atoms with E-state index in [-0.39, 0.29) is 5.60 Å². The molecule has 3 heterocycles. The van der Waals surface area contributed by atoms with E-state index < -0.39 is 0 Å². The molecular weight excluding hydrogens is 288 g/mol. The summed E-state index contributed by atoms with van der Waals surface area (Å²) in [5.41, 5.74) is 1.18. The van der Waals surface area contributed by atoms with Crippen molar-refractivity contribution in [2.75, 3.05) is 44.2 Å². The zero-order valence-corrected chi connectivity index (χ0v) is 14.8. The summed E-state index contributed by atoms with van der Waals surface area (Å²) in [7, 11) is 0. The normalized spacial score (nSPS) is 25.5. The van der Waals surface area contributed by atoms with Crippen LogP contribution in [-0.4, -0.2) is 59.8 Å². The van der Waals surface area contributed by atoms with Crippen molar-refractivity contribution in [3.63, 3.8) is 0 Å². The standard InChI is InChI=1S/C18H30N4O/c1-4-16-11-17(20-14-19-16)22-8-6-21(7-9-22)13-15-5-10-23-18(2,3)12-15/h11,14-15H,4-10,12-13H2,1-3H3/t15-/m0/s1. The van der Waals surface area contributed by atoms with E-state index in [1.165, 1.54) is 19.4 Å². The van der Waals surface area contributed by atoms with Gasteiger partial charge in [0.25, 0.3) is 0 Å². The molecule has 2 fully saturated rings. The Balaban J connectivity index is 1.50. The van der Waals surface area contributed by atoms with E-state index in [2.05, 4.69) is 46.6 Å². The van der Waals surface area contributed by atoms with Gasteiger partial charge in [-0.15, -0.1) is 0 Å². The van der Waals surface area contributed by atoms with Crippen molar-refractivity contribution in [1.29, 1.82) is 0 Å². The monoisotopic (exact) mass is 318 g/mol. The average molecular weight is 318 g/mol. The van der Waals surface area contributed by atoms with Crippen LogP contribution in [0.4, 0.5) is 5.82 Å². The lowest BCUT2D eigenvalue weighted by Gasteiger charge is -2.40.